The van der Waals surface area contributed by atoms with E-state index in [1.165, 1.54) is 12.1 Å². The van der Waals surface area contributed by atoms with E-state index < -0.39 is 5.82 Å². The second kappa shape index (κ2) is 8.82. The van der Waals surface area contributed by atoms with Crippen molar-refractivity contribution in [3.63, 3.8) is 0 Å². The molecule has 0 bridgehead atoms. The summed E-state index contributed by atoms with van der Waals surface area (Å²) in [4.78, 5) is 14.8. The molecule has 0 radical (unpaired) electrons. The minimum atomic E-state index is -0.545. The van der Waals surface area contributed by atoms with Crippen molar-refractivity contribution in [1.82, 2.24) is 10.1 Å². The molecule has 1 aliphatic heterocycles. The van der Waals surface area contributed by atoms with Gasteiger partial charge < -0.3 is 19.9 Å². The lowest BCUT2D eigenvalue weighted by molar-refractivity contribution is 0.00843. The van der Waals surface area contributed by atoms with Gasteiger partial charge in [-0.2, -0.15) is 0 Å². The number of aryl methyl sites for hydroxylation is 1. The molecule has 0 unspecified atom stereocenters. The summed E-state index contributed by atoms with van der Waals surface area (Å²) >= 11 is 6.14. The molecule has 2 N–H and O–H groups in total. The Labute approximate surface area is 162 Å². The molecule has 1 aromatic heterocycles. The third-order valence-electron chi connectivity index (χ3n) is 4.71. The standard InChI is InChI=1S/C19H23ClFN3O3/c1-12-16(18(23-27-12)17-14(20)4-2-5-15(17)21)19(25)24-9-6-13(7-10-24)26-11-3-8-22/h2,4-5,13H,3,6-11,22H2,1H3. The highest BCUT2D eigenvalue weighted by molar-refractivity contribution is 6.33. The van der Waals surface area contributed by atoms with E-state index in [1.54, 1.807) is 17.9 Å². The molecule has 1 saturated heterocycles. The molecular weight excluding hydrogens is 373 g/mol. The number of rotatable bonds is 6. The van der Waals surface area contributed by atoms with Gasteiger partial charge in [-0.3, -0.25) is 4.79 Å². The van der Waals surface area contributed by atoms with Crippen LogP contribution in [0.1, 0.15) is 35.4 Å². The predicted molar refractivity (Wildman–Crippen MR) is 100 cm³/mol. The number of piperidine rings is 1. The summed E-state index contributed by atoms with van der Waals surface area (Å²) in [5.74, 6) is -0.434. The van der Waals surface area contributed by atoms with E-state index in [0.29, 0.717) is 32.0 Å². The third kappa shape index (κ3) is 4.31. The van der Waals surface area contributed by atoms with Gasteiger partial charge in [0.15, 0.2) is 0 Å². The largest absolute Gasteiger partial charge is 0.378 e. The van der Waals surface area contributed by atoms with Crippen molar-refractivity contribution in [2.24, 2.45) is 5.73 Å². The minimum Gasteiger partial charge on any atom is -0.378 e. The van der Waals surface area contributed by atoms with Crippen molar-refractivity contribution in [2.75, 3.05) is 26.2 Å². The van der Waals surface area contributed by atoms with Gasteiger partial charge in [0.05, 0.1) is 16.7 Å². The number of carbonyl (C=O) groups excluding carboxylic acids is 1. The first-order valence-corrected chi connectivity index (χ1v) is 9.42. The van der Waals surface area contributed by atoms with Gasteiger partial charge in [0, 0.05) is 19.7 Å². The summed E-state index contributed by atoms with van der Waals surface area (Å²) < 4.78 is 25.3. The van der Waals surface area contributed by atoms with Gasteiger partial charge in [0.2, 0.25) is 0 Å². The number of aromatic nitrogens is 1. The van der Waals surface area contributed by atoms with Crippen LogP contribution in [0.15, 0.2) is 22.7 Å². The average molecular weight is 396 g/mol. The quantitative estimate of drug-likeness (QED) is 0.758. The zero-order valence-corrected chi connectivity index (χ0v) is 16.0. The maximum atomic E-state index is 14.3. The summed E-state index contributed by atoms with van der Waals surface area (Å²) in [5, 5.41) is 4.09. The number of likely N-dealkylation sites (tertiary alicyclic amines) is 1. The van der Waals surface area contributed by atoms with Crippen molar-refractivity contribution >= 4 is 17.5 Å². The maximum absolute atomic E-state index is 14.3. The number of ether oxygens (including phenoxy) is 1. The summed E-state index contributed by atoms with van der Waals surface area (Å²) in [7, 11) is 0. The fraction of sp³-hybridized carbons (Fsp3) is 0.474. The van der Waals surface area contributed by atoms with Crippen LogP contribution in [0, 0.1) is 12.7 Å². The second-order valence-corrected chi connectivity index (χ2v) is 6.97. The molecule has 0 saturated carbocycles. The lowest BCUT2D eigenvalue weighted by Crippen LogP contribution is -2.41. The van der Waals surface area contributed by atoms with Gasteiger partial charge in [0.1, 0.15) is 22.8 Å². The molecule has 1 fully saturated rings. The van der Waals surface area contributed by atoms with Crippen LogP contribution in [0.2, 0.25) is 5.02 Å². The van der Waals surface area contributed by atoms with E-state index in [-0.39, 0.29) is 33.9 Å². The number of nitrogens with zero attached hydrogens (tertiary/aromatic N) is 2. The van der Waals surface area contributed by atoms with Gasteiger partial charge in [0.25, 0.3) is 5.91 Å². The Balaban J connectivity index is 1.76. The zero-order valence-electron chi connectivity index (χ0n) is 15.2. The molecule has 0 atom stereocenters. The van der Waals surface area contributed by atoms with Crippen molar-refractivity contribution in [3.8, 4) is 11.3 Å². The predicted octanol–water partition coefficient (Wildman–Crippen LogP) is 3.41. The lowest BCUT2D eigenvalue weighted by Gasteiger charge is -2.32. The molecule has 0 spiro atoms. The molecule has 8 heteroatoms. The maximum Gasteiger partial charge on any atom is 0.259 e. The molecule has 1 amide bonds. The number of hydrogen-bond acceptors (Lipinski definition) is 5. The lowest BCUT2D eigenvalue weighted by atomic mass is 10.0. The average Bonchev–Trinajstić information content (AvgIpc) is 3.03. The number of nitrogens with two attached hydrogens (primary N) is 1. The minimum absolute atomic E-state index is 0.0828. The van der Waals surface area contributed by atoms with E-state index in [2.05, 4.69) is 5.16 Å². The number of carbonyl (C=O) groups is 1. The number of hydrogen-bond donors (Lipinski definition) is 1. The van der Waals surface area contributed by atoms with Crippen LogP contribution >= 0.6 is 11.6 Å². The molecular formula is C19H23ClFN3O3. The zero-order chi connectivity index (χ0) is 19.4. The normalized spacial score (nSPS) is 15.3. The number of benzene rings is 1. The van der Waals surface area contributed by atoms with Crippen molar-refractivity contribution < 1.29 is 18.4 Å². The smallest absolute Gasteiger partial charge is 0.259 e. The highest BCUT2D eigenvalue weighted by atomic mass is 35.5. The van der Waals surface area contributed by atoms with Crippen LogP contribution in [-0.4, -0.2) is 48.3 Å². The summed E-state index contributed by atoms with van der Waals surface area (Å²) in [6.07, 6.45) is 2.45. The van der Waals surface area contributed by atoms with Gasteiger partial charge in [-0.15, -0.1) is 0 Å². The molecule has 0 aliphatic carbocycles. The van der Waals surface area contributed by atoms with Crippen LogP contribution in [0.25, 0.3) is 11.3 Å². The molecule has 2 heterocycles. The Hall–Kier alpha value is -1.96. The molecule has 146 valence electrons. The van der Waals surface area contributed by atoms with Crippen LogP contribution in [0.5, 0.6) is 0 Å². The molecule has 1 aromatic carbocycles. The van der Waals surface area contributed by atoms with Gasteiger partial charge in [-0.1, -0.05) is 22.8 Å². The van der Waals surface area contributed by atoms with E-state index in [0.717, 1.165) is 19.3 Å². The first kappa shape index (κ1) is 19.8. The first-order valence-electron chi connectivity index (χ1n) is 9.04. The van der Waals surface area contributed by atoms with Crippen LogP contribution < -0.4 is 5.73 Å². The Morgan fingerprint density at radius 3 is 2.85 bits per heavy atom. The third-order valence-corrected chi connectivity index (χ3v) is 5.02. The monoisotopic (exact) mass is 395 g/mol. The van der Waals surface area contributed by atoms with Gasteiger partial charge >= 0.3 is 0 Å². The second-order valence-electron chi connectivity index (χ2n) is 6.56. The SMILES string of the molecule is Cc1onc(-c2c(F)cccc2Cl)c1C(=O)N1CCC(OCCCN)CC1. The Morgan fingerprint density at radius 2 is 2.19 bits per heavy atom. The highest BCUT2D eigenvalue weighted by Gasteiger charge is 2.31. The van der Waals surface area contributed by atoms with E-state index >= 15 is 0 Å². The van der Waals surface area contributed by atoms with Crippen molar-refractivity contribution in [1.29, 1.82) is 0 Å². The fourth-order valence-corrected chi connectivity index (χ4v) is 3.49. The van der Waals surface area contributed by atoms with Gasteiger partial charge in [-0.25, -0.2) is 4.39 Å². The summed E-state index contributed by atoms with van der Waals surface area (Å²) in [5.41, 5.74) is 5.95. The van der Waals surface area contributed by atoms with E-state index in [9.17, 15) is 9.18 Å². The molecule has 6 nitrogen and oxygen atoms in total. The highest BCUT2D eigenvalue weighted by Crippen LogP contribution is 2.34. The fourth-order valence-electron chi connectivity index (χ4n) is 3.24. The van der Waals surface area contributed by atoms with E-state index in [4.69, 9.17) is 26.6 Å². The van der Waals surface area contributed by atoms with Crippen molar-refractivity contribution in [3.05, 3.63) is 40.4 Å². The summed E-state index contributed by atoms with van der Waals surface area (Å²) in [6.45, 7) is 3.99. The molecule has 3 rings (SSSR count). The van der Waals surface area contributed by atoms with E-state index in [1.807, 2.05) is 0 Å². The Bertz CT molecular complexity index is 783. The molecule has 27 heavy (non-hydrogen) atoms. The van der Waals surface area contributed by atoms with Crippen LogP contribution in [0.3, 0.4) is 0 Å². The Morgan fingerprint density at radius 1 is 1.44 bits per heavy atom. The van der Waals surface area contributed by atoms with Crippen LogP contribution in [-0.2, 0) is 4.74 Å². The van der Waals surface area contributed by atoms with Crippen LogP contribution in [0.4, 0.5) is 4.39 Å². The first-order chi connectivity index (χ1) is 13.0. The van der Waals surface area contributed by atoms with Gasteiger partial charge in [-0.05, 0) is 44.9 Å². The molecule has 2 aromatic rings. The topological polar surface area (TPSA) is 81.6 Å². The Kier molecular flexibility index (Phi) is 6.46. The summed E-state index contributed by atoms with van der Waals surface area (Å²) in [6, 6.07) is 4.34. The van der Waals surface area contributed by atoms with Crippen molar-refractivity contribution in [2.45, 2.75) is 32.3 Å². The molecule has 1 aliphatic rings. The number of amides is 1. The number of halogens is 2.